The maximum Gasteiger partial charge on any atom is 0.170 e. The lowest BCUT2D eigenvalue weighted by molar-refractivity contribution is 0.306. The van der Waals surface area contributed by atoms with Crippen LogP contribution in [0, 0.1) is 18.3 Å². The van der Waals surface area contributed by atoms with E-state index in [1.54, 1.807) is 0 Å². The van der Waals surface area contributed by atoms with Gasteiger partial charge in [0, 0.05) is 18.5 Å². The van der Waals surface area contributed by atoms with Crippen LogP contribution in [0.5, 0.6) is 5.75 Å². The summed E-state index contributed by atoms with van der Waals surface area (Å²) >= 11 is 0. The molecule has 1 aliphatic heterocycles. The predicted octanol–water partition coefficient (Wildman–Crippen LogP) is 5.71. The molecule has 1 fully saturated rings. The highest BCUT2D eigenvalue weighted by Crippen LogP contribution is 2.35. The van der Waals surface area contributed by atoms with Gasteiger partial charge in [-0.1, -0.05) is 48.5 Å². The van der Waals surface area contributed by atoms with Crippen LogP contribution in [0.2, 0.25) is 0 Å². The van der Waals surface area contributed by atoms with Gasteiger partial charge < -0.3 is 9.64 Å². The van der Waals surface area contributed by atoms with Gasteiger partial charge in [0.15, 0.2) is 5.69 Å². The van der Waals surface area contributed by atoms with E-state index in [0.717, 1.165) is 53.8 Å². The summed E-state index contributed by atoms with van der Waals surface area (Å²) in [6.07, 6.45) is 2.19. The summed E-state index contributed by atoms with van der Waals surface area (Å²) in [5.74, 6) is 1.46. The highest BCUT2D eigenvalue weighted by Gasteiger charge is 2.23. The maximum absolute atomic E-state index is 9.37. The molecule has 1 saturated heterocycles. The van der Waals surface area contributed by atoms with E-state index in [9.17, 15) is 5.26 Å². The van der Waals surface area contributed by atoms with Crippen LogP contribution in [0.1, 0.15) is 41.1 Å². The zero-order valence-corrected chi connectivity index (χ0v) is 18.2. The first-order chi connectivity index (χ1) is 15.7. The first kappa shape index (κ1) is 20.1. The second-order valence-electron chi connectivity index (χ2n) is 8.44. The molecule has 1 N–H and O–H groups in total. The monoisotopic (exact) mass is 422 g/mol. The minimum Gasteiger partial charge on any atom is -0.489 e. The normalized spacial score (nSPS) is 14.4. The van der Waals surface area contributed by atoms with E-state index in [2.05, 4.69) is 69.7 Å². The van der Waals surface area contributed by atoms with Gasteiger partial charge in [-0.25, -0.2) is 0 Å². The number of hydrogen-bond donors (Lipinski definition) is 1. The number of H-pyrrole nitrogens is 1. The van der Waals surface area contributed by atoms with Crippen LogP contribution in [0.3, 0.4) is 0 Å². The molecule has 1 aliphatic rings. The molecule has 2 heterocycles. The minimum atomic E-state index is 0.476. The number of aryl methyl sites for hydroxylation is 1. The van der Waals surface area contributed by atoms with Gasteiger partial charge in [-0.3, -0.25) is 5.10 Å². The molecule has 3 aromatic carbocycles. The SMILES string of the molecule is Cc1ccc(N2CCC(c3ccc(OCc4ccccc4)cc3)CC2)c2[nH]nc(C#N)c12. The van der Waals surface area contributed by atoms with Crippen molar-refractivity contribution in [2.24, 2.45) is 0 Å². The van der Waals surface area contributed by atoms with Crippen LogP contribution in [0.4, 0.5) is 5.69 Å². The van der Waals surface area contributed by atoms with Crippen LogP contribution in [-0.4, -0.2) is 23.3 Å². The van der Waals surface area contributed by atoms with Crippen molar-refractivity contribution in [3.05, 3.63) is 89.1 Å². The van der Waals surface area contributed by atoms with Crippen LogP contribution in [0.15, 0.2) is 66.7 Å². The highest BCUT2D eigenvalue weighted by atomic mass is 16.5. The fourth-order valence-corrected chi connectivity index (χ4v) is 4.66. The second kappa shape index (κ2) is 8.76. The molecule has 5 heteroatoms. The molecule has 0 amide bonds. The topological polar surface area (TPSA) is 64.9 Å². The van der Waals surface area contributed by atoms with Crippen molar-refractivity contribution >= 4 is 16.6 Å². The Labute approximate surface area is 188 Å². The zero-order chi connectivity index (χ0) is 21.9. The molecule has 5 nitrogen and oxygen atoms in total. The highest BCUT2D eigenvalue weighted by molar-refractivity contribution is 5.96. The first-order valence-corrected chi connectivity index (χ1v) is 11.1. The van der Waals surface area contributed by atoms with Crippen molar-refractivity contribution in [2.45, 2.75) is 32.3 Å². The molecule has 1 aromatic heterocycles. The number of hydrogen-bond acceptors (Lipinski definition) is 4. The molecule has 0 radical (unpaired) electrons. The van der Waals surface area contributed by atoms with E-state index in [1.807, 2.05) is 25.1 Å². The average molecular weight is 423 g/mol. The quantitative estimate of drug-likeness (QED) is 0.448. The molecule has 4 aromatic rings. The van der Waals surface area contributed by atoms with Crippen molar-refractivity contribution in [1.29, 1.82) is 5.26 Å². The van der Waals surface area contributed by atoms with Gasteiger partial charge in [-0.15, -0.1) is 0 Å². The Bertz CT molecular complexity index is 1250. The molecule has 0 spiro atoms. The number of rotatable bonds is 5. The van der Waals surface area contributed by atoms with Gasteiger partial charge in [0.25, 0.3) is 0 Å². The van der Waals surface area contributed by atoms with E-state index in [1.165, 1.54) is 11.1 Å². The summed E-state index contributed by atoms with van der Waals surface area (Å²) in [5.41, 5.74) is 6.22. The van der Waals surface area contributed by atoms with Crippen molar-refractivity contribution in [2.75, 3.05) is 18.0 Å². The fourth-order valence-electron chi connectivity index (χ4n) is 4.66. The third-order valence-electron chi connectivity index (χ3n) is 6.45. The molecule has 160 valence electrons. The Kier molecular flexibility index (Phi) is 5.51. The molecular formula is C27H26N4O. The van der Waals surface area contributed by atoms with Gasteiger partial charge in [0.05, 0.1) is 11.2 Å². The van der Waals surface area contributed by atoms with E-state index < -0.39 is 0 Å². The van der Waals surface area contributed by atoms with Crippen LogP contribution in [0.25, 0.3) is 10.9 Å². The number of piperidine rings is 1. The third kappa shape index (κ3) is 3.92. The van der Waals surface area contributed by atoms with Gasteiger partial charge in [-0.2, -0.15) is 10.4 Å². The molecule has 0 unspecified atom stereocenters. The molecular weight excluding hydrogens is 396 g/mol. The summed E-state index contributed by atoms with van der Waals surface area (Å²) in [6, 6.07) is 25.3. The van der Waals surface area contributed by atoms with Crippen molar-refractivity contribution in [3.8, 4) is 11.8 Å². The Morgan fingerprint density at radius 3 is 2.50 bits per heavy atom. The third-order valence-corrected chi connectivity index (χ3v) is 6.45. The Hall–Kier alpha value is -3.78. The number of nitriles is 1. The smallest absolute Gasteiger partial charge is 0.170 e. The first-order valence-electron chi connectivity index (χ1n) is 11.1. The number of nitrogens with zero attached hydrogens (tertiary/aromatic N) is 3. The van der Waals surface area contributed by atoms with E-state index in [-0.39, 0.29) is 0 Å². The molecule has 32 heavy (non-hydrogen) atoms. The number of benzene rings is 3. The predicted molar refractivity (Wildman–Crippen MR) is 127 cm³/mol. The number of fused-ring (bicyclic) bond motifs is 1. The van der Waals surface area contributed by atoms with Crippen molar-refractivity contribution in [3.63, 3.8) is 0 Å². The second-order valence-corrected chi connectivity index (χ2v) is 8.44. The largest absolute Gasteiger partial charge is 0.489 e. The minimum absolute atomic E-state index is 0.476. The Morgan fingerprint density at radius 2 is 1.78 bits per heavy atom. The molecule has 0 atom stereocenters. The van der Waals surface area contributed by atoms with Gasteiger partial charge in [0.2, 0.25) is 0 Å². The van der Waals surface area contributed by atoms with Crippen LogP contribution >= 0.6 is 0 Å². The standard InChI is InChI=1S/C27H26N4O/c1-19-7-12-25(27-26(19)24(17-28)29-30-27)31-15-13-22(14-16-31)21-8-10-23(11-9-21)32-18-20-5-3-2-4-6-20/h2-12,22H,13-16,18H2,1H3,(H,29,30). The summed E-state index contributed by atoms with van der Waals surface area (Å²) in [5, 5.41) is 17.6. The average Bonchev–Trinajstić information content (AvgIpc) is 3.29. The summed E-state index contributed by atoms with van der Waals surface area (Å²) in [7, 11) is 0. The maximum atomic E-state index is 9.37. The van der Waals surface area contributed by atoms with E-state index >= 15 is 0 Å². The van der Waals surface area contributed by atoms with Crippen LogP contribution < -0.4 is 9.64 Å². The number of aromatic amines is 1. The lowest BCUT2D eigenvalue weighted by Gasteiger charge is -2.34. The van der Waals surface area contributed by atoms with E-state index in [0.29, 0.717) is 18.2 Å². The number of ether oxygens (including phenoxy) is 1. The summed E-state index contributed by atoms with van der Waals surface area (Å²) < 4.78 is 5.93. The Morgan fingerprint density at radius 1 is 1.03 bits per heavy atom. The zero-order valence-electron chi connectivity index (χ0n) is 18.2. The van der Waals surface area contributed by atoms with Crippen molar-refractivity contribution < 1.29 is 4.74 Å². The lowest BCUT2D eigenvalue weighted by atomic mass is 9.89. The van der Waals surface area contributed by atoms with Gasteiger partial charge >= 0.3 is 0 Å². The Balaban J connectivity index is 1.23. The van der Waals surface area contributed by atoms with Gasteiger partial charge in [0.1, 0.15) is 18.4 Å². The molecule has 0 saturated carbocycles. The number of aromatic nitrogens is 2. The molecule has 5 rings (SSSR count). The number of anilines is 1. The summed E-state index contributed by atoms with van der Waals surface area (Å²) in [4.78, 5) is 2.41. The summed E-state index contributed by atoms with van der Waals surface area (Å²) in [6.45, 7) is 4.58. The van der Waals surface area contributed by atoms with Crippen molar-refractivity contribution in [1.82, 2.24) is 10.2 Å². The van der Waals surface area contributed by atoms with E-state index in [4.69, 9.17) is 4.74 Å². The molecule has 0 aliphatic carbocycles. The molecule has 0 bridgehead atoms. The van der Waals surface area contributed by atoms with Gasteiger partial charge in [-0.05, 0) is 60.6 Å². The van der Waals surface area contributed by atoms with Crippen LogP contribution in [-0.2, 0) is 6.61 Å². The lowest BCUT2D eigenvalue weighted by Crippen LogP contribution is -2.33. The number of nitrogens with one attached hydrogen (secondary N) is 1. The fraction of sp³-hybridized carbons (Fsp3) is 0.259.